The van der Waals surface area contributed by atoms with Gasteiger partial charge in [0.15, 0.2) is 0 Å². The summed E-state index contributed by atoms with van der Waals surface area (Å²) in [6, 6.07) is 11.2. The number of aromatic nitrogens is 1. The number of likely N-dealkylation sites (tertiary alicyclic amines) is 1. The number of carboxylic acids is 1. The molecule has 35 heavy (non-hydrogen) atoms. The molecule has 0 unspecified atom stereocenters. The van der Waals surface area contributed by atoms with Gasteiger partial charge in [0, 0.05) is 56.0 Å². The summed E-state index contributed by atoms with van der Waals surface area (Å²) in [6.07, 6.45) is 4.38. The summed E-state index contributed by atoms with van der Waals surface area (Å²) in [5, 5.41) is 16.6. The van der Waals surface area contributed by atoms with Crippen molar-refractivity contribution in [3.8, 4) is 16.3 Å². The number of ether oxygens (including phenoxy) is 1. The lowest BCUT2D eigenvalue weighted by atomic mass is 9.85. The average molecular weight is 492 g/mol. The number of piperidine rings is 1. The molecular weight excluding hydrogens is 462 g/mol. The van der Waals surface area contributed by atoms with Crippen molar-refractivity contribution >= 4 is 23.0 Å². The van der Waals surface area contributed by atoms with Crippen LogP contribution in [0.2, 0.25) is 0 Å². The summed E-state index contributed by atoms with van der Waals surface area (Å²) in [6.45, 7) is 7.39. The van der Waals surface area contributed by atoms with Crippen LogP contribution in [-0.2, 0) is 11.4 Å². The normalized spacial score (nSPS) is 17.3. The van der Waals surface area contributed by atoms with Gasteiger partial charge < -0.3 is 14.7 Å². The van der Waals surface area contributed by atoms with E-state index >= 15 is 0 Å². The van der Waals surface area contributed by atoms with Crippen molar-refractivity contribution in [2.45, 2.75) is 45.3 Å². The molecule has 0 amide bonds. The lowest BCUT2D eigenvalue weighted by Gasteiger charge is -2.37. The van der Waals surface area contributed by atoms with E-state index in [0.717, 1.165) is 66.5 Å². The Labute approximate surface area is 209 Å². The number of hydrogen-bond donors (Lipinski definition) is 1. The SMILES string of the molecule is CCOc1cc(CN2CCC3(CC2)CC(c2ccc(C(=O)O)cc2)=NO3)c(-c2nccs2)cc1C. The number of benzene rings is 2. The molecule has 1 aromatic heterocycles. The van der Waals surface area contributed by atoms with Gasteiger partial charge in [0.2, 0.25) is 0 Å². The topological polar surface area (TPSA) is 84.2 Å². The zero-order chi connectivity index (χ0) is 24.4. The quantitative estimate of drug-likeness (QED) is 0.478. The minimum Gasteiger partial charge on any atom is -0.494 e. The summed E-state index contributed by atoms with van der Waals surface area (Å²) in [4.78, 5) is 24.1. The molecule has 8 heteroatoms. The maximum absolute atomic E-state index is 11.1. The minimum atomic E-state index is -0.926. The van der Waals surface area contributed by atoms with E-state index in [2.05, 4.69) is 34.1 Å². The summed E-state index contributed by atoms with van der Waals surface area (Å²) >= 11 is 1.66. The lowest BCUT2D eigenvalue weighted by Crippen LogP contribution is -2.44. The van der Waals surface area contributed by atoms with Gasteiger partial charge in [-0.2, -0.15) is 0 Å². The first-order chi connectivity index (χ1) is 17.0. The van der Waals surface area contributed by atoms with Gasteiger partial charge in [-0.25, -0.2) is 9.78 Å². The van der Waals surface area contributed by atoms with E-state index in [1.807, 2.05) is 30.6 Å². The molecule has 1 N–H and O–H groups in total. The molecule has 3 heterocycles. The molecule has 1 fully saturated rings. The Morgan fingerprint density at radius 1 is 1.23 bits per heavy atom. The predicted octanol–water partition coefficient (Wildman–Crippen LogP) is 5.37. The largest absolute Gasteiger partial charge is 0.494 e. The van der Waals surface area contributed by atoms with Crippen LogP contribution in [0.3, 0.4) is 0 Å². The van der Waals surface area contributed by atoms with E-state index in [9.17, 15) is 4.79 Å². The van der Waals surface area contributed by atoms with E-state index < -0.39 is 5.97 Å². The first kappa shape index (κ1) is 23.5. The molecule has 1 spiro atoms. The van der Waals surface area contributed by atoms with Gasteiger partial charge in [-0.3, -0.25) is 4.90 Å². The van der Waals surface area contributed by atoms with Gasteiger partial charge in [-0.05, 0) is 54.8 Å². The molecule has 5 rings (SSSR count). The Morgan fingerprint density at radius 2 is 2.00 bits per heavy atom. The van der Waals surface area contributed by atoms with Crippen molar-refractivity contribution in [1.82, 2.24) is 9.88 Å². The number of oxime groups is 1. The second-order valence-corrected chi connectivity index (χ2v) is 10.1. The molecule has 3 aromatic rings. The van der Waals surface area contributed by atoms with Crippen LogP contribution < -0.4 is 4.74 Å². The number of rotatable bonds is 7. The van der Waals surface area contributed by atoms with E-state index in [-0.39, 0.29) is 11.2 Å². The van der Waals surface area contributed by atoms with Crippen LogP contribution in [0.15, 0.2) is 53.1 Å². The Bertz CT molecular complexity index is 1230. The number of thiazole rings is 1. The van der Waals surface area contributed by atoms with Gasteiger partial charge in [-0.1, -0.05) is 17.3 Å². The number of carboxylic acid groups (broad SMARTS) is 1. The fourth-order valence-corrected chi connectivity index (χ4v) is 5.53. The van der Waals surface area contributed by atoms with E-state index in [1.165, 1.54) is 11.1 Å². The van der Waals surface area contributed by atoms with Crippen molar-refractivity contribution in [3.63, 3.8) is 0 Å². The Morgan fingerprint density at radius 3 is 2.66 bits per heavy atom. The maximum atomic E-state index is 11.1. The smallest absolute Gasteiger partial charge is 0.335 e. The fraction of sp³-hybridized carbons (Fsp3) is 0.370. The molecule has 7 nitrogen and oxygen atoms in total. The van der Waals surface area contributed by atoms with Crippen molar-refractivity contribution in [2.75, 3.05) is 19.7 Å². The number of aromatic carboxylic acids is 1. The second-order valence-electron chi connectivity index (χ2n) is 9.19. The highest BCUT2D eigenvalue weighted by molar-refractivity contribution is 7.13. The van der Waals surface area contributed by atoms with Crippen LogP contribution in [-0.4, -0.2) is 52.0 Å². The highest BCUT2D eigenvalue weighted by Gasteiger charge is 2.42. The molecule has 182 valence electrons. The second kappa shape index (κ2) is 9.79. The lowest BCUT2D eigenvalue weighted by molar-refractivity contribution is -0.0626. The molecule has 2 aliphatic rings. The summed E-state index contributed by atoms with van der Waals surface area (Å²) in [7, 11) is 0. The third-order valence-corrected chi connectivity index (χ3v) is 7.64. The number of nitrogens with zero attached hydrogens (tertiary/aromatic N) is 3. The number of aryl methyl sites for hydroxylation is 1. The van der Waals surface area contributed by atoms with Crippen LogP contribution in [0.25, 0.3) is 10.6 Å². The average Bonchev–Trinajstić information content (AvgIpc) is 3.54. The van der Waals surface area contributed by atoms with Crippen LogP contribution >= 0.6 is 11.3 Å². The number of hydrogen-bond acceptors (Lipinski definition) is 7. The minimum absolute atomic E-state index is 0.275. The molecule has 0 radical (unpaired) electrons. The Hall–Kier alpha value is -3.23. The van der Waals surface area contributed by atoms with E-state index in [4.69, 9.17) is 14.7 Å². The Balaban J connectivity index is 1.26. The molecular formula is C27H29N3O4S. The van der Waals surface area contributed by atoms with E-state index in [1.54, 1.807) is 23.5 Å². The van der Waals surface area contributed by atoms with Gasteiger partial charge in [0.05, 0.1) is 17.9 Å². The van der Waals surface area contributed by atoms with Crippen LogP contribution in [0.5, 0.6) is 5.75 Å². The van der Waals surface area contributed by atoms with Gasteiger partial charge in [0.25, 0.3) is 0 Å². The highest BCUT2D eigenvalue weighted by Crippen LogP contribution is 2.38. The molecule has 1 saturated heterocycles. The third-order valence-electron chi connectivity index (χ3n) is 6.83. The van der Waals surface area contributed by atoms with Crippen molar-refractivity contribution < 1.29 is 19.5 Å². The summed E-state index contributed by atoms with van der Waals surface area (Å²) < 4.78 is 5.89. The van der Waals surface area contributed by atoms with E-state index in [0.29, 0.717) is 6.61 Å². The van der Waals surface area contributed by atoms with Gasteiger partial charge in [-0.15, -0.1) is 11.3 Å². The van der Waals surface area contributed by atoms with Crippen molar-refractivity contribution in [1.29, 1.82) is 0 Å². The third kappa shape index (κ3) is 4.94. The van der Waals surface area contributed by atoms with Gasteiger partial charge in [0.1, 0.15) is 16.4 Å². The van der Waals surface area contributed by atoms with Crippen molar-refractivity contribution in [3.05, 3.63) is 70.2 Å². The predicted molar refractivity (Wildman–Crippen MR) is 136 cm³/mol. The molecule has 0 atom stereocenters. The first-order valence-electron chi connectivity index (χ1n) is 11.9. The zero-order valence-corrected chi connectivity index (χ0v) is 20.8. The molecule has 0 aliphatic carbocycles. The zero-order valence-electron chi connectivity index (χ0n) is 20.0. The van der Waals surface area contributed by atoms with Crippen molar-refractivity contribution in [2.24, 2.45) is 5.16 Å². The highest BCUT2D eigenvalue weighted by atomic mass is 32.1. The molecule has 2 aromatic carbocycles. The summed E-state index contributed by atoms with van der Waals surface area (Å²) in [5.74, 6) is 0.00680. The fourth-order valence-electron chi connectivity index (χ4n) is 4.84. The maximum Gasteiger partial charge on any atom is 0.335 e. The van der Waals surface area contributed by atoms with Crippen LogP contribution in [0.4, 0.5) is 0 Å². The monoisotopic (exact) mass is 491 g/mol. The number of carbonyl (C=O) groups is 1. The molecule has 0 bridgehead atoms. The standard InChI is InChI=1S/C27H29N3O4S/c1-3-33-24-15-21(22(14-18(24)2)25-28-10-13-35-25)17-30-11-8-27(9-12-30)16-23(29-34-27)19-4-6-20(7-5-19)26(31)32/h4-7,10,13-15H,3,8-9,11-12,16-17H2,1-2H3,(H,31,32). The molecule has 2 aliphatic heterocycles. The van der Waals surface area contributed by atoms with Gasteiger partial charge >= 0.3 is 5.97 Å². The summed E-state index contributed by atoms with van der Waals surface area (Å²) in [5.41, 5.74) is 5.34. The molecule has 0 saturated carbocycles. The first-order valence-corrected chi connectivity index (χ1v) is 12.8. The Kier molecular flexibility index (Phi) is 6.58. The van der Waals surface area contributed by atoms with Crippen LogP contribution in [0, 0.1) is 6.92 Å². The van der Waals surface area contributed by atoms with Crippen LogP contribution in [0.1, 0.15) is 53.2 Å².